The van der Waals surface area contributed by atoms with Crippen LogP contribution >= 0.6 is 10.5 Å². The van der Waals surface area contributed by atoms with Crippen LogP contribution in [-0.4, -0.2) is 18.5 Å². The van der Waals surface area contributed by atoms with E-state index in [1.54, 1.807) is 12.1 Å². The van der Waals surface area contributed by atoms with E-state index in [1.165, 1.54) is 0 Å². The van der Waals surface area contributed by atoms with Crippen LogP contribution in [0.2, 0.25) is 0 Å². The molecule has 1 atom stereocenters. The summed E-state index contributed by atoms with van der Waals surface area (Å²) < 4.78 is 99.5. The largest absolute Gasteiger partial charge is 0.741 e. The molecule has 0 amide bonds. The van der Waals surface area contributed by atoms with Gasteiger partial charge in [-0.15, -0.1) is 13.2 Å². The Balaban J connectivity index is 0.000000279. The van der Waals surface area contributed by atoms with E-state index in [9.17, 15) is 26.3 Å². The first-order chi connectivity index (χ1) is 12.1. The SMILES string of the molecule is CC(C)c1ccc2cc(C3CC3)[s+](C(F)(F)F)c2c1.O=S(=O)([O-])C(F)(F)F. The van der Waals surface area contributed by atoms with Crippen molar-refractivity contribution in [1.29, 1.82) is 0 Å². The number of fused-ring (bicyclic) bond motifs is 1. The number of hydrogen-bond acceptors (Lipinski definition) is 3. The van der Waals surface area contributed by atoms with Gasteiger partial charge in [-0.3, -0.25) is 0 Å². The summed E-state index contributed by atoms with van der Waals surface area (Å²) in [6.07, 6.45) is 1.83. The van der Waals surface area contributed by atoms with Gasteiger partial charge in [-0.05, 0) is 30.4 Å². The Morgan fingerprint density at radius 2 is 1.59 bits per heavy atom. The lowest BCUT2D eigenvalue weighted by Crippen LogP contribution is -2.21. The van der Waals surface area contributed by atoms with E-state index >= 15 is 0 Å². The van der Waals surface area contributed by atoms with Gasteiger partial charge < -0.3 is 4.55 Å². The lowest BCUT2D eigenvalue weighted by Gasteiger charge is -2.08. The Labute approximate surface area is 154 Å². The van der Waals surface area contributed by atoms with Gasteiger partial charge in [-0.2, -0.15) is 13.2 Å². The Bertz CT molecular complexity index is 922. The molecule has 0 spiro atoms. The molecule has 1 aliphatic carbocycles. The maximum Gasteiger partial charge on any atom is 0.600 e. The minimum atomic E-state index is -6.09. The average molecular weight is 434 g/mol. The lowest BCUT2D eigenvalue weighted by atomic mass is 10.0. The molecule has 2 aromatic rings. The Morgan fingerprint density at radius 3 is 1.96 bits per heavy atom. The number of thiophene rings is 1. The molecule has 1 fully saturated rings. The molecular formula is C16H16F6O3S2. The van der Waals surface area contributed by atoms with E-state index < -0.39 is 31.6 Å². The second-order valence-electron chi connectivity index (χ2n) is 6.42. The van der Waals surface area contributed by atoms with Crippen LogP contribution in [0.4, 0.5) is 26.3 Å². The molecule has 1 aromatic carbocycles. The van der Waals surface area contributed by atoms with Crippen LogP contribution in [0.1, 0.15) is 49.0 Å². The minimum absolute atomic E-state index is 0.167. The van der Waals surface area contributed by atoms with E-state index in [2.05, 4.69) is 0 Å². The van der Waals surface area contributed by atoms with Gasteiger partial charge in [0.1, 0.15) is 0 Å². The summed E-state index contributed by atoms with van der Waals surface area (Å²) in [5.74, 6) is 0.425. The number of alkyl halides is 6. The highest BCUT2D eigenvalue weighted by Crippen LogP contribution is 2.57. The van der Waals surface area contributed by atoms with E-state index in [0.29, 0.717) is 9.58 Å². The topological polar surface area (TPSA) is 57.2 Å². The van der Waals surface area contributed by atoms with Crippen molar-refractivity contribution >= 4 is 30.7 Å². The zero-order valence-corrected chi connectivity index (χ0v) is 15.8. The monoisotopic (exact) mass is 434 g/mol. The zero-order valence-electron chi connectivity index (χ0n) is 14.2. The molecule has 1 saturated carbocycles. The quantitative estimate of drug-likeness (QED) is 0.248. The van der Waals surface area contributed by atoms with E-state index in [4.69, 9.17) is 13.0 Å². The third kappa shape index (κ3) is 5.14. The molecular weight excluding hydrogens is 418 g/mol. The van der Waals surface area contributed by atoms with Gasteiger partial charge in [-0.25, -0.2) is 8.42 Å². The van der Waals surface area contributed by atoms with Crippen molar-refractivity contribution in [3.8, 4) is 0 Å². The highest BCUT2D eigenvalue weighted by atomic mass is 32.2. The predicted molar refractivity (Wildman–Crippen MR) is 89.5 cm³/mol. The molecule has 0 bridgehead atoms. The molecule has 27 heavy (non-hydrogen) atoms. The van der Waals surface area contributed by atoms with Gasteiger partial charge in [0.2, 0.25) is 0 Å². The fraction of sp³-hybridized carbons (Fsp3) is 0.500. The highest BCUT2D eigenvalue weighted by Gasteiger charge is 2.51. The van der Waals surface area contributed by atoms with Gasteiger partial charge in [0.25, 0.3) is 0 Å². The Kier molecular flexibility index (Phi) is 5.90. The van der Waals surface area contributed by atoms with Crippen molar-refractivity contribution in [3.05, 3.63) is 34.7 Å². The van der Waals surface area contributed by atoms with Crippen molar-refractivity contribution in [2.45, 2.75) is 49.5 Å². The summed E-state index contributed by atoms with van der Waals surface area (Å²) in [6.45, 7) is 4.02. The Hall–Kier alpha value is -1.33. The van der Waals surface area contributed by atoms with Crippen LogP contribution in [0.3, 0.4) is 0 Å². The Morgan fingerprint density at radius 1 is 1.07 bits per heavy atom. The standard InChI is InChI=1S/C15H16F3S.CHF3O3S/c1-9(2)11-5-6-12-8-13(10-3-4-10)19(14(12)7-11)15(16,17)18;2-1(3,4)8(5,6)7/h5-10H,3-4H2,1-2H3;(H,5,6,7)/q+1;/p-1. The van der Waals surface area contributed by atoms with Crippen LogP contribution < -0.4 is 0 Å². The first kappa shape index (κ1) is 22.0. The summed E-state index contributed by atoms with van der Waals surface area (Å²) in [5.41, 5.74) is -8.80. The fourth-order valence-electron chi connectivity index (χ4n) is 2.46. The second kappa shape index (κ2) is 7.25. The molecule has 0 aliphatic heterocycles. The second-order valence-corrected chi connectivity index (χ2v) is 9.78. The van der Waals surface area contributed by atoms with Crippen molar-refractivity contribution in [1.82, 2.24) is 0 Å². The number of halogens is 6. The van der Waals surface area contributed by atoms with E-state index in [-0.39, 0.29) is 11.8 Å². The van der Waals surface area contributed by atoms with Crippen molar-refractivity contribution in [3.63, 3.8) is 0 Å². The van der Waals surface area contributed by atoms with Gasteiger partial charge in [0, 0.05) is 23.4 Å². The molecule has 0 radical (unpaired) electrons. The van der Waals surface area contributed by atoms with E-state index in [1.807, 2.05) is 26.0 Å². The maximum atomic E-state index is 13.4. The summed E-state index contributed by atoms with van der Waals surface area (Å²) in [6, 6.07) is 7.36. The lowest BCUT2D eigenvalue weighted by molar-refractivity contribution is -0.0867. The number of rotatable bonds is 2. The van der Waals surface area contributed by atoms with Crippen molar-refractivity contribution < 1.29 is 39.3 Å². The van der Waals surface area contributed by atoms with E-state index in [0.717, 1.165) is 23.8 Å². The normalized spacial score (nSPS) is 16.4. The van der Waals surface area contributed by atoms with Gasteiger partial charge in [0.05, 0.1) is 10.5 Å². The highest BCUT2D eigenvalue weighted by molar-refractivity contribution is 7.86. The molecule has 1 heterocycles. The molecule has 1 aliphatic rings. The summed E-state index contributed by atoms with van der Waals surface area (Å²) >= 11 is 0. The zero-order chi connectivity index (χ0) is 20.8. The van der Waals surface area contributed by atoms with Gasteiger partial charge in [-0.1, -0.05) is 19.9 Å². The van der Waals surface area contributed by atoms with Crippen LogP contribution in [0, 0.1) is 0 Å². The van der Waals surface area contributed by atoms with Crippen molar-refractivity contribution in [2.24, 2.45) is 0 Å². The first-order valence-electron chi connectivity index (χ1n) is 7.81. The average Bonchev–Trinajstić information content (AvgIpc) is 3.23. The third-order valence-corrected chi connectivity index (χ3v) is 6.70. The summed E-state index contributed by atoms with van der Waals surface area (Å²) in [4.78, 5) is 0.614. The molecule has 0 N–H and O–H groups in total. The maximum absolute atomic E-state index is 13.4. The fourth-order valence-corrected chi connectivity index (χ4v) is 4.66. The molecule has 1 aromatic heterocycles. The van der Waals surface area contributed by atoms with Gasteiger partial charge in [0.15, 0.2) is 19.7 Å². The number of hydrogen-bond donors (Lipinski definition) is 0. The van der Waals surface area contributed by atoms with Crippen LogP contribution in [0.15, 0.2) is 24.3 Å². The summed E-state index contributed by atoms with van der Waals surface area (Å²) in [7, 11) is -7.78. The third-order valence-electron chi connectivity index (χ3n) is 3.95. The van der Waals surface area contributed by atoms with Crippen molar-refractivity contribution in [2.75, 3.05) is 0 Å². The van der Waals surface area contributed by atoms with Crippen LogP contribution in [-0.2, 0) is 15.6 Å². The molecule has 3 rings (SSSR count). The van der Waals surface area contributed by atoms with Crippen LogP contribution in [0.5, 0.6) is 0 Å². The molecule has 1 unspecified atom stereocenters. The smallest absolute Gasteiger partial charge is 0.600 e. The van der Waals surface area contributed by atoms with Crippen LogP contribution in [0.25, 0.3) is 10.1 Å². The molecule has 11 heteroatoms. The molecule has 152 valence electrons. The number of benzene rings is 1. The van der Waals surface area contributed by atoms with Gasteiger partial charge >= 0.3 is 11.0 Å². The minimum Gasteiger partial charge on any atom is -0.741 e. The predicted octanol–water partition coefficient (Wildman–Crippen LogP) is 6.12. The summed E-state index contributed by atoms with van der Waals surface area (Å²) in [5, 5.41) is 0.770. The molecule has 0 saturated heterocycles. The first-order valence-corrected chi connectivity index (χ1v) is 10.4. The molecule has 3 nitrogen and oxygen atoms in total.